The van der Waals surface area contributed by atoms with Crippen LogP contribution >= 0.6 is 11.8 Å². The van der Waals surface area contributed by atoms with Crippen molar-refractivity contribution in [2.24, 2.45) is 5.73 Å². The van der Waals surface area contributed by atoms with Crippen LogP contribution < -0.4 is 16.4 Å². The lowest BCUT2D eigenvalue weighted by Crippen LogP contribution is -2.51. The minimum absolute atomic E-state index is 0.382. The van der Waals surface area contributed by atoms with Gasteiger partial charge in [-0.1, -0.05) is 36.9 Å². The Bertz CT molecular complexity index is 1440. The number of carbonyl (C=O) groups excluding carboxylic acids is 1. The second-order valence-corrected chi connectivity index (χ2v) is 11.3. The Hall–Kier alpha value is -3.36. The molecule has 8 heteroatoms. The van der Waals surface area contributed by atoms with Gasteiger partial charge in [-0.15, -0.1) is 0 Å². The number of hydrogen-bond acceptors (Lipinski definition) is 6. The van der Waals surface area contributed by atoms with Gasteiger partial charge in [0.25, 0.3) is 0 Å². The first-order valence-corrected chi connectivity index (χ1v) is 14.1. The molecule has 7 nitrogen and oxygen atoms in total. The van der Waals surface area contributed by atoms with Crippen molar-refractivity contribution in [2.45, 2.75) is 63.5 Å². The summed E-state index contributed by atoms with van der Waals surface area (Å²) in [5, 5.41) is 7.54. The van der Waals surface area contributed by atoms with Crippen molar-refractivity contribution in [3.8, 4) is 11.5 Å². The highest BCUT2D eigenvalue weighted by atomic mass is 32.2. The van der Waals surface area contributed by atoms with Crippen LogP contribution in [0.15, 0.2) is 53.8 Å². The van der Waals surface area contributed by atoms with E-state index in [1.807, 2.05) is 36.7 Å². The van der Waals surface area contributed by atoms with Gasteiger partial charge in [0, 0.05) is 30.7 Å². The molecule has 3 heterocycles. The van der Waals surface area contributed by atoms with Gasteiger partial charge in [0.2, 0.25) is 5.91 Å². The van der Waals surface area contributed by atoms with Crippen LogP contribution in [0.1, 0.15) is 46.7 Å². The van der Waals surface area contributed by atoms with Gasteiger partial charge in [-0.25, -0.2) is 9.97 Å². The van der Waals surface area contributed by atoms with Gasteiger partial charge in [-0.3, -0.25) is 4.79 Å². The Morgan fingerprint density at radius 2 is 1.84 bits per heavy atom. The normalized spacial score (nSPS) is 15.3. The van der Waals surface area contributed by atoms with Crippen molar-refractivity contribution in [1.82, 2.24) is 19.9 Å². The van der Waals surface area contributed by atoms with Crippen LogP contribution in [0.3, 0.4) is 0 Å². The van der Waals surface area contributed by atoms with Gasteiger partial charge in [0.1, 0.15) is 11.2 Å². The number of aryl methyl sites for hydroxylation is 3. The molecule has 5 rings (SSSR count). The SMILES string of the molecule is CCC(C(N)=O)(c1cc(NC2CNC2)ccc1C)n1cccc2nc(SCc3cc(C)c(C)c(C)c3)nc1-2. The minimum Gasteiger partial charge on any atom is -0.380 e. The van der Waals surface area contributed by atoms with Crippen molar-refractivity contribution < 1.29 is 4.79 Å². The number of nitrogens with two attached hydrogens (primary N) is 1. The molecule has 2 aromatic carbocycles. The molecule has 4 N–H and O–H groups in total. The van der Waals surface area contributed by atoms with E-state index in [4.69, 9.17) is 15.7 Å². The molecule has 0 aliphatic carbocycles. The van der Waals surface area contributed by atoms with E-state index in [9.17, 15) is 4.79 Å². The third-order valence-corrected chi connectivity index (χ3v) is 8.80. The summed E-state index contributed by atoms with van der Waals surface area (Å²) in [7, 11) is 0. The van der Waals surface area contributed by atoms with Crippen LogP contribution in [-0.4, -0.2) is 39.6 Å². The van der Waals surface area contributed by atoms with Gasteiger partial charge in [0.15, 0.2) is 11.0 Å². The topological polar surface area (TPSA) is 97.9 Å². The van der Waals surface area contributed by atoms with Crippen molar-refractivity contribution >= 4 is 23.4 Å². The van der Waals surface area contributed by atoms with Gasteiger partial charge in [-0.05, 0) is 91.8 Å². The summed E-state index contributed by atoms with van der Waals surface area (Å²) in [6, 6.07) is 14.9. The third-order valence-electron chi connectivity index (χ3n) is 7.88. The largest absolute Gasteiger partial charge is 0.380 e. The number of rotatable bonds is 9. The summed E-state index contributed by atoms with van der Waals surface area (Å²) in [5.74, 6) is 1.02. The maximum Gasteiger partial charge on any atom is 0.248 e. The molecular formula is C30H36N6OS. The van der Waals surface area contributed by atoms with Crippen LogP contribution in [0.5, 0.6) is 0 Å². The molecule has 3 aliphatic rings. The van der Waals surface area contributed by atoms with Crippen molar-refractivity contribution in [2.75, 3.05) is 18.4 Å². The fourth-order valence-electron chi connectivity index (χ4n) is 5.34. The molecule has 0 spiro atoms. The quantitative estimate of drug-likeness (QED) is 0.267. The zero-order chi connectivity index (χ0) is 27.0. The van der Waals surface area contributed by atoms with Crippen LogP contribution in [-0.2, 0) is 16.1 Å². The first-order valence-electron chi connectivity index (χ1n) is 13.2. The van der Waals surface area contributed by atoms with Crippen molar-refractivity contribution in [3.05, 3.63) is 82.0 Å². The van der Waals surface area contributed by atoms with E-state index in [2.05, 4.69) is 61.7 Å². The zero-order valence-corrected chi connectivity index (χ0v) is 23.6. The summed E-state index contributed by atoms with van der Waals surface area (Å²) < 4.78 is 1.93. The number of thioether (sulfide) groups is 1. The molecule has 3 aliphatic heterocycles. The Balaban J connectivity index is 1.53. The lowest BCUT2D eigenvalue weighted by atomic mass is 9.82. The fourth-order valence-corrected chi connectivity index (χ4v) is 6.11. The summed E-state index contributed by atoms with van der Waals surface area (Å²) in [6.07, 6.45) is 2.39. The molecular weight excluding hydrogens is 492 g/mol. The van der Waals surface area contributed by atoms with Crippen LogP contribution in [0.25, 0.3) is 11.5 Å². The summed E-state index contributed by atoms with van der Waals surface area (Å²) in [5.41, 5.74) is 13.9. The first kappa shape index (κ1) is 26.3. The third kappa shape index (κ3) is 4.67. The Labute approximate surface area is 229 Å². The van der Waals surface area contributed by atoms with Gasteiger partial charge in [0.05, 0.1) is 6.04 Å². The lowest BCUT2D eigenvalue weighted by molar-refractivity contribution is -0.124. The molecule has 0 aromatic heterocycles. The number of carbonyl (C=O) groups is 1. The van der Waals surface area contributed by atoms with Gasteiger partial charge >= 0.3 is 0 Å². The summed E-state index contributed by atoms with van der Waals surface area (Å²) in [6.45, 7) is 12.3. The number of primary amides is 1. The molecule has 1 saturated heterocycles. The Kier molecular flexibility index (Phi) is 7.20. The molecule has 0 saturated carbocycles. The average molecular weight is 529 g/mol. The molecule has 0 bridgehead atoms. The number of amides is 1. The Morgan fingerprint density at radius 1 is 1.11 bits per heavy atom. The average Bonchev–Trinajstić information content (AvgIpc) is 3.29. The van der Waals surface area contributed by atoms with E-state index < -0.39 is 11.4 Å². The highest BCUT2D eigenvalue weighted by Gasteiger charge is 2.42. The highest BCUT2D eigenvalue weighted by Crippen LogP contribution is 2.38. The number of nitrogens with one attached hydrogen (secondary N) is 2. The number of hydrogen-bond donors (Lipinski definition) is 3. The van der Waals surface area contributed by atoms with Gasteiger partial charge < -0.3 is 20.9 Å². The second kappa shape index (κ2) is 10.4. The molecule has 38 heavy (non-hydrogen) atoms. The van der Waals surface area contributed by atoms with Crippen LogP contribution in [0, 0.1) is 27.7 Å². The second-order valence-electron chi connectivity index (χ2n) is 10.3. The van der Waals surface area contributed by atoms with E-state index in [-0.39, 0.29) is 0 Å². The summed E-state index contributed by atoms with van der Waals surface area (Å²) >= 11 is 1.61. The van der Waals surface area contributed by atoms with E-state index in [0.29, 0.717) is 23.4 Å². The van der Waals surface area contributed by atoms with Crippen LogP contribution in [0.2, 0.25) is 0 Å². The number of benzene rings is 2. The van der Waals surface area contributed by atoms with Crippen molar-refractivity contribution in [3.63, 3.8) is 0 Å². The molecule has 0 radical (unpaired) electrons. The monoisotopic (exact) mass is 528 g/mol. The number of pyridine rings is 1. The Morgan fingerprint density at radius 3 is 2.47 bits per heavy atom. The van der Waals surface area contributed by atoms with E-state index in [1.165, 1.54) is 22.3 Å². The smallest absolute Gasteiger partial charge is 0.248 e. The summed E-state index contributed by atoms with van der Waals surface area (Å²) in [4.78, 5) is 23.1. The van der Waals surface area contributed by atoms with Gasteiger partial charge in [-0.2, -0.15) is 0 Å². The molecule has 1 amide bonds. The molecule has 2 aromatic rings. The number of nitrogens with zero attached hydrogens (tertiary/aromatic N) is 3. The van der Waals surface area contributed by atoms with Crippen molar-refractivity contribution in [1.29, 1.82) is 0 Å². The van der Waals surface area contributed by atoms with E-state index in [1.54, 1.807) is 11.8 Å². The first-order chi connectivity index (χ1) is 18.2. The molecule has 1 atom stereocenters. The molecule has 198 valence electrons. The number of aromatic nitrogens is 3. The maximum absolute atomic E-state index is 13.4. The zero-order valence-electron chi connectivity index (χ0n) is 22.8. The molecule has 1 unspecified atom stereocenters. The lowest BCUT2D eigenvalue weighted by Gasteiger charge is -2.36. The number of imidazole rings is 1. The van der Waals surface area contributed by atoms with E-state index >= 15 is 0 Å². The molecule has 1 fully saturated rings. The fraction of sp³-hybridized carbons (Fsp3) is 0.367. The highest BCUT2D eigenvalue weighted by molar-refractivity contribution is 7.98. The number of fused-ring (bicyclic) bond motifs is 1. The minimum atomic E-state index is -1.10. The standard InChI is InChI=1S/C30H36N6OS/c1-6-30(28(31)37,25-14-23(10-9-18(25)2)33-24-15-32-16-24)36-11-7-8-26-27(36)35-29(34-26)38-17-22-12-19(3)21(5)20(4)13-22/h7-14,24,32-33H,6,15-17H2,1-5H3,(H2,31,37). The van der Waals surface area contributed by atoms with Crippen LogP contribution in [0.4, 0.5) is 5.69 Å². The van der Waals surface area contributed by atoms with E-state index in [0.717, 1.165) is 41.4 Å². The number of anilines is 1. The maximum atomic E-state index is 13.4. The predicted molar refractivity (Wildman–Crippen MR) is 155 cm³/mol. The predicted octanol–water partition coefficient (Wildman–Crippen LogP) is 4.93.